The molecule has 164 valence electrons. The maximum atomic E-state index is 13.9. The normalized spacial score (nSPS) is 15.5. The van der Waals surface area contributed by atoms with Crippen molar-refractivity contribution in [2.24, 2.45) is 0 Å². The molecule has 1 atom stereocenters. The van der Waals surface area contributed by atoms with Crippen LogP contribution in [0.15, 0.2) is 97.1 Å². The Morgan fingerprint density at radius 3 is 2.24 bits per heavy atom. The molecule has 0 radical (unpaired) electrons. The van der Waals surface area contributed by atoms with Gasteiger partial charge in [0.1, 0.15) is 6.17 Å². The van der Waals surface area contributed by atoms with Crippen molar-refractivity contribution in [2.45, 2.75) is 19.6 Å². The van der Waals surface area contributed by atoms with Gasteiger partial charge in [0.05, 0.1) is 11.3 Å². The Balaban J connectivity index is 1.75. The third-order valence-electron chi connectivity index (χ3n) is 5.95. The van der Waals surface area contributed by atoms with Gasteiger partial charge in [0.2, 0.25) is 0 Å². The average Bonchev–Trinajstić information content (AvgIpc) is 2.83. The fourth-order valence-electron chi connectivity index (χ4n) is 4.35. The van der Waals surface area contributed by atoms with Crippen LogP contribution in [0.2, 0.25) is 10.0 Å². The first kappa shape index (κ1) is 21.6. The SMILES string of the molecule is Cc1ccc(N2C(=O)c3ccccc3N(Cc3ccccc3)[C@H]2c2ccc(Cl)cc2Cl)cc1. The lowest BCUT2D eigenvalue weighted by Gasteiger charge is -2.46. The maximum absolute atomic E-state index is 13.9. The first-order valence-corrected chi connectivity index (χ1v) is 11.5. The molecule has 1 heterocycles. The van der Waals surface area contributed by atoms with E-state index in [1.165, 1.54) is 0 Å². The molecule has 0 aromatic heterocycles. The van der Waals surface area contributed by atoms with Crippen LogP contribution in [0.5, 0.6) is 0 Å². The van der Waals surface area contributed by atoms with Crippen molar-refractivity contribution in [3.05, 3.63) is 129 Å². The van der Waals surface area contributed by atoms with E-state index in [-0.39, 0.29) is 5.91 Å². The highest BCUT2D eigenvalue weighted by Crippen LogP contribution is 2.44. The minimum absolute atomic E-state index is 0.0604. The molecule has 0 unspecified atom stereocenters. The summed E-state index contributed by atoms with van der Waals surface area (Å²) in [5, 5.41) is 1.08. The Bertz CT molecular complexity index is 1310. The topological polar surface area (TPSA) is 23.6 Å². The van der Waals surface area contributed by atoms with Crippen molar-refractivity contribution in [3.8, 4) is 0 Å². The number of hydrogen-bond donors (Lipinski definition) is 0. The van der Waals surface area contributed by atoms with E-state index in [0.29, 0.717) is 22.2 Å². The Morgan fingerprint density at radius 1 is 0.818 bits per heavy atom. The molecule has 1 amide bonds. The summed E-state index contributed by atoms with van der Waals surface area (Å²) in [4.78, 5) is 18.0. The van der Waals surface area contributed by atoms with Gasteiger partial charge in [-0.05, 0) is 48.9 Å². The van der Waals surface area contributed by atoms with Gasteiger partial charge in [-0.3, -0.25) is 9.69 Å². The summed E-state index contributed by atoms with van der Waals surface area (Å²) in [7, 11) is 0. The van der Waals surface area contributed by atoms with E-state index in [1.807, 2.05) is 90.7 Å². The zero-order valence-corrected chi connectivity index (χ0v) is 19.6. The molecule has 3 nitrogen and oxygen atoms in total. The highest BCUT2D eigenvalue weighted by Gasteiger charge is 2.40. The molecule has 4 aromatic rings. The standard InChI is InChI=1S/C28H22Cl2N2O/c1-19-11-14-22(15-12-19)32-27(23-16-13-21(29)17-25(23)30)31(18-20-7-3-2-4-8-20)26-10-6-5-9-24(26)28(32)33/h2-17,27H,18H2,1H3/t27-/m1/s1. The number of carbonyl (C=O) groups excluding carboxylic acids is 1. The summed E-state index contributed by atoms with van der Waals surface area (Å²) in [5.74, 6) is -0.0604. The molecule has 4 aromatic carbocycles. The second-order valence-corrected chi connectivity index (χ2v) is 9.02. The van der Waals surface area contributed by atoms with E-state index in [0.717, 1.165) is 28.1 Å². The number of fused-ring (bicyclic) bond motifs is 1. The number of amides is 1. The van der Waals surface area contributed by atoms with Gasteiger partial charge in [-0.25, -0.2) is 0 Å². The van der Waals surface area contributed by atoms with Gasteiger partial charge >= 0.3 is 0 Å². The molecule has 0 bridgehead atoms. The van der Waals surface area contributed by atoms with Crippen molar-refractivity contribution < 1.29 is 4.79 Å². The monoisotopic (exact) mass is 472 g/mol. The highest BCUT2D eigenvalue weighted by atomic mass is 35.5. The fraction of sp³-hybridized carbons (Fsp3) is 0.107. The Labute approximate surface area is 203 Å². The summed E-state index contributed by atoms with van der Waals surface area (Å²) in [5.41, 5.74) is 5.45. The number of rotatable bonds is 4. The number of carbonyl (C=O) groups is 1. The molecule has 0 spiro atoms. The number of nitrogens with zero attached hydrogens (tertiary/aromatic N) is 2. The lowest BCUT2D eigenvalue weighted by Crippen LogP contribution is -2.49. The second-order valence-electron chi connectivity index (χ2n) is 8.18. The Morgan fingerprint density at radius 2 is 1.52 bits per heavy atom. The number of hydrogen-bond acceptors (Lipinski definition) is 2. The lowest BCUT2D eigenvalue weighted by atomic mass is 9.99. The number of aryl methyl sites for hydroxylation is 1. The van der Waals surface area contributed by atoms with Gasteiger partial charge in [0.15, 0.2) is 0 Å². The van der Waals surface area contributed by atoms with Crippen molar-refractivity contribution >= 4 is 40.5 Å². The molecule has 0 saturated heterocycles. The van der Waals surface area contributed by atoms with Crippen LogP contribution in [0.1, 0.15) is 33.2 Å². The van der Waals surface area contributed by atoms with Crippen LogP contribution in [0.25, 0.3) is 0 Å². The predicted molar refractivity (Wildman–Crippen MR) is 136 cm³/mol. The summed E-state index contributed by atoms with van der Waals surface area (Å²) < 4.78 is 0. The molecular weight excluding hydrogens is 451 g/mol. The van der Waals surface area contributed by atoms with E-state index in [4.69, 9.17) is 23.2 Å². The van der Waals surface area contributed by atoms with Gasteiger partial charge in [-0.1, -0.05) is 89.4 Å². The van der Waals surface area contributed by atoms with Crippen molar-refractivity contribution in [2.75, 3.05) is 9.80 Å². The molecule has 5 rings (SSSR count). The molecule has 1 aliphatic heterocycles. The Hall–Kier alpha value is -3.27. The van der Waals surface area contributed by atoms with Crippen LogP contribution in [-0.4, -0.2) is 5.91 Å². The van der Waals surface area contributed by atoms with Gasteiger partial charge < -0.3 is 4.90 Å². The van der Waals surface area contributed by atoms with E-state index < -0.39 is 6.17 Å². The molecule has 0 aliphatic carbocycles. The van der Waals surface area contributed by atoms with E-state index in [2.05, 4.69) is 17.0 Å². The third-order valence-corrected chi connectivity index (χ3v) is 6.51. The highest BCUT2D eigenvalue weighted by molar-refractivity contribution is 6.35. The number of anilines is 2. The van der Waals surface area contributed by atoms with Gasteiger partial charge in [-0.2, -0.15) is 0 Å². The molecule has 0 N–H and O–H groups in total. The summed E-state index contributed by atoms with van der Waals surface area (Å²) >= 11 is 13.0. The predicted octanol–water partition coefficient (Wildman–Crippen LogP) is 7.67. The molecular formula is C28H22Cl2N2O. The maximum Gasteiger partial charge on any atom is 0.262 e. The van der Waals surface area contributed by atoms with Crippen LogP contribution in [-0.2, 0) is 6.54 Å². The zero-order valence-electron chi connectivity index (χ0n) is 18.1. The lowest BCUT2D eigenvalue weighted by molar-refractivity contribution is 0.0968. The molecule has 5 heteroatoms. The quantitative estimate of drug-likeness (QED) is 0.304. The van der Waals surface area contributed by atoms with Gasteiger partial charge in [-0.15, -0.1) is 0 Å². The van der Waals surface area contributed by atoms with E-state index in [1.54, 1.807) is 6.07 Å². The number of para-hydroxylation sites is 1. The van der Waals surface area contributed by atoms with E-state index in [9.17, 15) is 4.79 Å². The van der Waals surface area contributed by atoms with Crippen LogP contribution in [0, 0.1) is 6.92 Å². The number of benzene rings is 4. The van der Waals surface area contributed by atoms with Gasteiger partial charge in [0.25, 0.3) is 5.91 Å². The summed E-state index contributed by atoms with van der Waals surface area (Å²) in [6.07, 6.45) is -0.444. The zero-order chi connectivity index (χ0) is 22.9. The fourth-order valence-corrected chi connectivity index (χ4v) is 4.86. The first-order chi connectivity index (χ1) is 16.0. The number of halogens is 2. The minimum Gasteiger partial charge on any atom is -0.342 e. The van der Waals surface area contributed by atoms with Crippen LogP contribution in [0.3, 0.4) is 0 Å². The summed E-state index contributed by atoms with van der Waals surface area (Å²) in [6.45, 7) is 2.64. The smallest absolute Gasteiger partial charge is 0.262 e. The second kappa shape index (κ2) is 8.93. The van der Waals surface area contributed by atoms with Crippen LogP contribution < -0.4 is 9.80 Å². The molecule has 33 heavy (non-hydrogen) atoms. The largest absolute Gasteiger partial charge is 0.342 e. The first-order valence-electron chi connectivity index (χ1n) is 10.8. The van der Waals surface area contributed by atoms with Crippen LogP contribution in [0.4, 0.5) is 11.4 Å². The third kappa shape index (κ3) is 4.10. The Kier molecular flexibility index (Phi) is 5.84. The van der Waals surface area contributed by atoms with Crippen molar-refractivity contribution in [1.82, 2.24) is 0 Å². The van der Waals surface area contributed by atoms with E-state index >= 15 is 0 Å². The van der Waals surface area contributed by atoms with Crippen molar-refractivity contribution in [3.63, 3.8) is 0 Å². The molecule has 0 saturated carbocycles. The summed E-state index contributed by atoms with van der Waals surface area (Å²) in [6, 6.07) is 31.5. The molecule has 1 aliphatic rings. The van der Waals surface area contributed by atoms with Crippen LogP contribution >= 0.6 is 23.2 Å². The van der Waals surface area contributed by atoms with Crippen molar-refractivity contribution in [1.29, 1.82) is 0 Å². The molecule has 0 fully saturated rings. The minimum atomic E-state index is -0.444. The average molecular weight is 473 g/mol. The van der Waals surface area contributed by atoms with Gasteiger partial charge in [0, 0.05) is 27.8 Å².